The van der Waals surface area contributed by atoms with Crippen LogP contribution in [0.15, 0.2) is 12.1 Å². The van der Waals surface area contributed by atoms with E-state index in [4.69, 9.17) is 18.9 Å². The predicted octanol–water partition coefficient (Wildman–Crippen LogP) is 1.63. The summed E-state index contributed by atoms with van der Waals surface area (Å²) in [4.78, 5) is 12.6. The zero-order chi connectivity index (χ0) is 17.6. The summed E-state index contributed by atoms with van der Waals surface area (Å²) in [7, 11) is 6.24. The molecule has 7 nitrogen and oxygen atoms in total. The van der Waals surface area contributed by atoms with Gasteiger partial charge in [0.15, 0.2) is 11.5 Å². The van der Waals surface area contributed by atoms with Crippen LogP contribution in [-0.2, 0) is 4.74 Å². The first-order valence-corrected chi connectivity index (χ1v) is 7.91. The van der Waals surface area contributed by atoms with E-state index in [9.17, 15) is 4.79 Å². The normalized spacial score (nSPS) is 19.0. The van der Waals surface area contributed by atoms with Crippen LogP contribution in [0.3, 0.4) is 0 Å². The SMILES string of the molecule is COCC1(CNC(=O)c2cc(OC)c(OC)c(OC)c2)CCCN1.Cl. The first-order chi connectivity index (χ1) is 11.6. The summed E-state index contributed by atoms with van der Waals surface area (Å²) in [5, 5.41) is 6.41. The van der Waals surface area contributed by atoms with Crippen LogP contribution in [0.4, 0.5) is 0 Å². The van der Waals surface area contributed by atoms with Gasteiger partial charge in [0.2, 0.25) is 5.75 Å². The van der Waals surface area contributed by atoms with Crippen molar-refractivity contribution in [3.05, 3.63) is 17.7 Å². The smallest absolute Gasteiger partial charge is 0.251 e. The molecule has 1 heterocycles. The molecule has 1 aliphatic rings. The molecule has 8 heteroatoms. The van der Waals surface area contributed by atoms with Gasteiger partial charge in [0.1, 0.15) is 0 Å². The first kappa shape index (κ1) is 21.3. The summed E-state index contributed by atoms with van der Waals surface area (Å²) >= 11 is 0. The highest BCUT2D eigenvalue weighted by Gasteiger charge is 2.34. The average molecular weight is 375 g/mol. The molecule has 0 saturated carbocycles. The maximum absolute atomic E-state index is 12.6. The van der Waals surface area contributed by atoms with Crippen molar-refractivity contribution in [3.63, 3.8) is 0 Å². The van der Waals surface area contributed by atoms with Crippen molar-refractivity contribution in [2.45, 2.75) is 18.4 Å². The van der Waals surface area contributed by atoms with E-state index >= 15 is 0 Å². The molecule has 1 aliphatic heterocycles. The van der Waals surface area contributed by atoms with E-state index in [0.717, 1.165) is 19.4 Å². The number of hydrogen-bond donors (Lipinski definition) is 2. The third-order valence-electron chi connectivity index (χ3n) is 4.27. The highest BCUT2D eigenvalue weighted by atomic mass is 35.5. The number of carbonyl (C=O) groups excluding carboxylic acids is 1. The lowest BCUT2D eigenvalue weighted by Gasteiger charge is -2.29. The third kappa shape index (κ3) is 4.90. The van der Waals surface area contributed by atoms with Gasteiger partial charge in [0.25, 0.3) is 5.91 Å². The van der Waals surface area contributed by atoms with Gasteiger partial charge in [-0.15, -0.1) is 12.4 Å². The second-order valence-corrected chi connectivity index (χ2v) is 5.84. The van der Waals surface area contributed by atoms with E-state index in [1.165, 1.54) is 21.3 Å². The van der Waals surface area contributed by atoms with Crippen molar-refractivity contribution >= 4 is 18.3 Å². The molecule has 142 valence electrons. The standard InChI is InChI=1S/C17H26N2O5.ClH/c1-21-11-17(6-5-7-19-17)10-18-16(20)12-8-13(22-2)15(24-4)14(9-12)23-3;/h8-9,19H,5-7,10-11H2,1-4H3,(H,18,20);1H. The summed E-state index contributed by atoms with van der Waals surface area (Å²) < 4.78 is 21.2. The molecule has 0 bridgehead atoms. The van der Waals surface area contributed by atoms with Crippen LogP contribution in [0.1, 0.15) is 23.2 Å². The Morgan fingerprint density at radius 3 is 2.24 bits per heavy atom. The predicted molar refractivity (Wildman–Crippen MR) is 97.5 cm³/mol. The van der Waals surface area contributed by atoms with Gasteiger partial charge in [0, 0.05) is 19.2 Å². The van der Waals surface area contributed by atoms with Crippen LogP contribution in [0.25, 0.3) is 0 Å². The van der Waals surface area contributed by atoms with Crippen molar-refractivity contribution < 1.29 is 23.7 Å². The maximum atomic E-state index is 12.6. The lowest BCUT2D eigenvalue weighted by molar-refractivity contribution is 0.0891. The van der Waals surface area contributed by atoms with Crippen LogP contribution < -0.4 is 24.8 Å². The largest absolute Gasteiger partial charge is 0.493 e. The lowest BCUT2D eigenvalue weighted by Crippen LogP contribution is -2.53. The molecule has 2 N–H and O–H groups in total. The second-order valence-electron chi connectivity index (χ2n) is 5.84. The van der Waals surface area contributed by atoms with E-state index in [1.807, 2.05) is 0 Å². The van der Waals surface area contributed by atoms with Gasteiger partial charge in [0.05, 0.1) is 33.5 Å². The first-order valence-electron chi connectivity index (χ1n) is 7.91. The number of amides is 1. The van der Waals surface area contributed by atoms with E-state index in [1.54, 1.807) is 19.2 Å². The maximum Gasteiger partial charge on any atom is 0.251 e. The van der Waals surface area contributed by atoms with Gasteiger partial charge in [-0.05, 0) is 31.5 Å². The number of methoxy groups -OCH3 is 4. The summed E-state index contributed by atoms with van der Waals surface area (Å²) in [5.41, 5.74) is 0.250. The number of ether oxygens (including phenoxy) is 4. The molecule has 1 amide bonds. The van der Waals surface area contributed by atoms with Crippen molar-refractivity contribution in [2.75, 3.05) is 48.1 Å². The topological polar surface area (TPSA) is 78.1 Å². The van der Waals surface area contributed by atoms with Gasteiger partial charge in [-0.3, -0.25) is 4.79 Å². The van der Waals surface area contributed by atoms with Gasteiger partial charge >= 0.3 is 0 Å². The fourth-order valence-electron chi connectivity index (χ4n) is 3.03. The highest BCUT2D eigenvalue weighted by molar-refractivity contribution is 5.95. The Bertz CT molecular complexity index is 551. The molecule has 25 heavy (non-hydrogen) atoms. The zero-order valence-electron chi connectivity index (χ0n) is 15.1. The quantitative estimate of drug-likeness (QED) is 0.720. The van der Waals surface area contributed by atoms with Crippen LogP contribution >= 0.6 is 12.4 Å². The molecule has 0 spiro atoms. The molecule has 1 saturated heterocycles. The molecular weight excluding hydrogens is 348 g/mol. The van der Waals surface area contributed by atoms with Gasteiger partial charge < -0.3 is 29.6 Å². The number of hydrogen-bond acceptors (Lipinski definition) is 6. The van der Waals surface area contributed by atoms with E-state index in [-0.39, 0.29) is 23.9 Å². The number of carbonyl (C=O) groups is 1. The summed E-state index contributed by atoms with van der Waals surface area (Å²) in [6, 6.07) is 3.28. The van der Waals surface area contributed by atoms with Crippen molar-refractivity contribution in [1.82, 2.24) is 10.6 Å². The number of nitrogens with one attached hydrogen (secondary N) is 2. The minimum absolute atomic E-state index is 0. The van der Waals surface area contributed by atoms with Crippen molar-refractivity contribution in [1.29, 1.82) is 0 Å². The Morgan fingerprint density at radius 1 is 1.16 bits per heavy atom. The summed E-state index contributed by atoms with van der Waals surface area (Å²) in [6.45, 7) is 1.99. The minimum Gasteiger partial charge on any atom is -0.493 e. The van der Waals surface area contributed by atoms with Crippen LogP contribution in [0.2, 0.25) is 0 Å². The number of halogens is 1. The Labute approximate surface area is 154 Å². The van der Waals surface area contributed by atoms with Gasteiger partial charge in [-0.25, -0.2) is 0 Å². The zero-order valence-corrected chi connectivity index (χ0v) is 16.0. The Kier molecular flexibility index (Phi) is 8.28. The van der Waals surface area contributed by atoms with Crippen molar-refractivity contribution in [2.24, 2.45) is 0 Å². The molecule has 1 fully saturated rings. The van der Waals surface area contributed by atoms with E-state index in [2.05, 4.69) is 10.6 Å². The molecular formula is C17H27ClN2O5. The molecule has 0 aromatic heterocycles. The second kappa shape index (κ2) is 9.70. The molecule has 0 aliphatic carbocycles. The molecule has 1 aromatic carbocycles. The van der Waals surface area contributed by atoms with Crippen LogP contribution in [-0.4, -0.2) is 59.6 Å². The molecule has 2 rings (SSSR count). The monoisotopic (exact) mass is 374 g/mol. The third-order valence-corrected chi connectivity index (χ3v) is 4.27. The van der Waals surface area contributed by atoms with E-state index < -0.39 is 0 Å². The van der Waals surface area contributed by atoms with E-state index in [0.29, 0.717) is 36.0 Å². The van der Waals surface area contributed by atoms with Crippen LogP contribution in [0, 0.1) is 0 Å². The molecule has 1 aromatic rings. The van der Waals surface area contributed by atoms with Crippen LogP contribution in [0.5, 0.6) is 17.2 Å². The summed E-state index contributed by atoms with van der Waals surface area (Å²) in [6.07, 6.45) is 2.04. The summed E-state index contributed by atoms with van der Waals surface area (Å²) in [5.74, 6) is 1.17. The molecule has 1 atom stereocenters. The van der Waals surface area contributed by atoms with Gasteiger partial charge in [-0.1, -0.05) is 0 Å². The average Bonchev–Trinajstić information content (AvgIpc) is 3.07. The van der Waals surface area contributed by atoms with Crippen molar-refractivity contribution in [3.8, 4) is 17.2 Å². The number of benzene rings is 1. The minimum atomic E-state index is -0.203. The van der Waals surface area contributed by atoms with Gasteiger partial charge in [-0.2, -0.15) is 0 Å². The molecule has 1 unspecified atom stereocenters. The lowest BCUT2D eigenvalue weighted by atomic mass is 9.98. The Balaban J connectivity index is 0.00000312. The Hall–Kier alpha value is -1.70. The number of rotatable bonds is 8. The highest BCUT2D eigenvalue weighted by Crippen LogP contribution is 2.38. The Morgan fingerprint density at radius 2 is 1.80 bits per heavy atom. The fourth-order valence-corrected chi connectivity index (χ4v) is 3.03. The fraction of sp³-hybridized carbons (Fsp3) is 0.588. The molecule has 0 radical (unpaired) electrons.